The fraction of sp³-hybridized carbons (Fsp3) is 0.929. The Morgan fingerprint density at radius 1 is 1.38 bits per heavy atom. The molecule has 3 rings (SSSR count). The van der Waals surface area contributed by atoms with Crippen LogP contribution in [0.3, 0.4) is 0 Å². The van der Waals surface area contributed by atoms with Gasteiger partial charge in [-0.25, -0.2) is 0 Å². The van der Waals surface area contributed by atoms with E-state index in [0.717, 1.165) is 23.9 Å². The maximum absolute atomic E-state index is 4.32. The molecule has 0 aromatic carbocycles. The van der Waals surface area contributed by atoms with Gasteiger partial charge in [0.2, 0.25) is 0 Å². The predicted molar refractivity (Wildman–Crippen MR) is 67.7 cm³/mol. The maximum atomic E-state index is 4.32. The van der Waals surface area contributed by atoms with Crippen molar-refractivity contribution in [2.45, 2.75) is 57.9 Å². The van der Waals surface area contributed by atoms with Gasteiger partial charge in [0.1, 0.15) is 0 Å². The molecular weight excluding hydrogens is 196 g/mol. The van der Waals surface area contributed by atoms with Gasteiger partial charge < -0.3 is 0 Å². The van der Waals surface area contributed by atoms with Crippen molar-refractivity contribution in [3.63, 3.8) is 0 Å². The minimum Gasteiger partial charge on any atom is -0.290 e. The highest BCUT2D eigenvalue weighted by Crippen LogP contribution is 2.62. The van der Waals surface area contributed by atoms with Crippen molar-refractivity contribution < 1.29 is 0 Å². The van der Waals surface area contributed by atoms with E-state index >= 15 is 0 Å². The van der Waals surface area contributed by atoms with Crippen molar-refractivity contribution in [2.24, 2.45) is 22.2 Å². The molecule has 0 aromatic heterocycles. The summed E-state index contributed by atoms with van der Waals surface area (Å²) in [6.07, 6.45) is 12.4. The maximum Gasteiger partial charge on any atom is 0.0886 e. The van der Waals surface area contributed by atoms with Crippen molar-refractivity contribution >= 4 is 6.21 Å². The molecule has 0 bridgehead atoms. The molecule has 0 aromatic rings. The third kappa shape index (κ3) is 1.81. The second kappa shape index (κ2) is 4.14. The van der Waals surface area contributed by atoms with E-state index in [1.807, 2.05) is 0 Å². The first-order valence-corrected chi connectivity index (χ1v) is 7.07. The van der Waals surface area contributed by atoms with Crippen LogP contribution in [0.4, 0.5) is 0 Å². The monoisotopic (exact) mass is 220 g/mol. The normalized spacial score (nSPS) is 47.2. The van der Waals surface area contributed by atoms with E-state index in [9.17, 15) is 0 Å². The SMILES string of the molecule is CCC1CCCC2(CC1)CC2C1C=NCN1. The average Bonchev–Trinajstić information content (AvgIpc) is 2.84. The smallest absolute Gasteiger partial charge is 0.0886 e. The zero-order valence-corrected chi connectivity index (χ0v) is 10.4. The lowest BCUT2D eigenvalue weighted by Crippen LogP contribution is -2.29. The first-order valence-electron chi connectivity index (χ1n) is 7.07. The second-order valence-corrected chi connectivity index (χ2v) is 6.10. The highest BCUT2D eigenvalue weighted by molar-refractivity contribution is 5.67. The van der Waals surface area contributed by atoms with Crippen LogP contribution in [0.1, 0.15) is 51.9 Å². The number of nitrogens with zero attached hydrogens (tertiary/aromatic N) is 1. The molecule has 2 aliphatic carbocycles. The van der Waals surface area contributed by atoms with E-state index < -0.39 is 0 Å². The third-order valence-corrected chi connectivity index (χ3v) is 5.29. The molecule has 16 heavy (non-hydrogen) atoms. The van der Waals surface area contributed by atoms with E-state index in [2.05, 4.69) is 23.4 Å². The van der Waals surface area contributed by atoms with Crippen molar-refractivity contribution in [3.05, 3.63) is 0 Å². The Labute approximate surface area is 98.9 Å². The van der Waals surface area contributed by atoms with Crippen LogP contribution < -0.4 is 5.32 Å². The van der Waals surface area contributed by atoms with Crippen LogP contribution >= 0.6 is 0 Å². The molecule has 90 valence electrons. The molecule has 1 N–H and O–H groups in total. The topological polar surface area (TPSA) is 24.4 Å². The molecule has 2 fully saturated rings. The van der Waals surface area contributed by atoms with Gasteiger partial charge in [-0.05, 0) is 42.9 Å². The molecule has 2 nitrogen and oxygen atoms in total. The minimum absolute atomic E-state index is 0.609. The molecular formula is C14H24N2. The van der Waals surface area contributed by atoms with Crippen LogP contribution in [0, 0.1) is 17.3 Å². The van der Waals surface area contributed by atoms with Gasteiger partial charge in [0.05, 0.1) is 6.67 Å². The Hall–Kier alpha value is -0.370. The standard InChI is InChI=1S/C14H24N2/c1-2-11-4-3-6-14(7-5-11)8-12(14)13-9-15-10-16-13/h9,11-13,16H,2-8,10H2,1H3. The lowest BCUT2D eigenvalue weighted by molar-refractivity contribution is 0.363. The molecule has 0 saturated heterocycles. The van der Waals surface area contributed by atoms with Crippen LogP contribution in [0.15, 0.2) is 4.99 Å². The van der Waals surface area contributed by atoms with Gasteiger partial charge in [-0.15, -0.1) is 0 Å². The van der Waals surface area contributed by atoms with E-state index in [1.54, 1.807) is 0 Å². The van der Waals surface area contributed by atoms with Gasteiger partial charge in [0, 0.05) is 12.3 Å². The highest BCUT2D eigenvalue weighted by atomic mass is 15.1. The second-order valence-electron chi connectivity index (χ2n) is 6.10. The van der Waals surface area contributed by atoms with Crippen molar-refractivity contribution in [3.8, 4) is 0 Å². The Balaban J connectivity index is 1.61. The summed E-state index contributed by atoms with van der Waals surface area (Å²) in [6.45, 7) is 3.22. The molecule has 0 amide bonds. The Kier molecular flexibility index (Phi) is 2.78. The van der Waals surface area contributed by atoms with Gasteiger partial charge in [-0.1, -0.05) is 26.2 Å². The van der Waals surface area contributed by atoms with E-state index in [1.165, 1.54) is 44.9 Å². The van der Waals surface area contributed by atoms with Crippen molar-refractivity contribution in [1.29, 1.82) is 0 Å². The average molecular weight is 220 g/mol. The minimum atomic E-state index is 0.609. The third-order valence-electron chi connectivity index (χ3n) is 5.29. The van der Waals surface area contributed by atoms with Crippen LogP contribution in [0.25, 0.3) is 0 Å². The van der Waals surface area contributed by atoms with Crippen LogP contribution in [-0.2, 0) is 0 Å². The summed E-state index contributed by atoms with van der Waals surface area (Å²) in [7, 11) is 0. The predicted octanol–water partition coefficient (Wildman–Crippen LogP) is 2.98. The van der Waals surface area contributed by atoms with Crippen molar-refractivity contribution in [1.82, 2.24) is 5.32 Å². The largest absolute Gasteiger partial charge is 0.290 e. The van der Waals surface area contributed by atoms with Crippen LogP contribution in [0.5, 0.6) is 0 Å². The van der Waals surface area contributed by atoms with E-state index in [-0.39, 0.29) is 0 Å². The van der Waals surface area contributed by atoms with E-state index in [0.29, 0.717) is 6.04 Å². The molecule has 1 heterocycles. The highest BCUT2D eigenvalue weighted by Gasteiger charge is 2.56. The Morgan fingerprint density at radius 2 is 2.31 bits per heavy atom. The Bertz CT molecular complexity index is 286. The number of nitrogens with one attached hydrogen (secondary N) is 1. The van der Waals surface area contributed by atoms with Gasteiger partial charge in [-0.2, -0.15) is 0 Å². The summed E-state index contributed by atoms with van der Waals surface area (Å²) in [5, 5.41) is 3.51. The lowest BCUT2D eigenvalue weighted by Gasteiger charge is -2.17. The number of hydrogen-bond donors (Lipinski definition) is 1. The lowest BCUT2D eigenvalue weighted by atomic mass is 9.90. The molecule has 1 spiro atoms. The summed E-state index contributed by atoms with van der Waals surface area (Å²) < 4.78 is 0. The molecule has 2 saturated carbocycles. The molecule has 4 unspecified atom stereocenters. The summed E-state index contributed by atoms with van der Waals surface area (Å²) >= 11 is 0. The summed E-state index contributed by atoms with van der Waals surface area (Å²) in [5.41, 5.74) is 0.720. The van der Waals surface area contributed by atoms with Gasteiger partial charge in [0.25, 0.3) is 0 Å². The summed E-state index contributed by atoms with van der Waals surface area (Å²) in [4.78, 5) is 4.32. The van der Waals surface area contributed by atoms with Crippen molar-refractivity contribution in [2.75, 3.05) is 6.67 Å². The molecule has 2 heteroatoms. The molecule has 1 aliphatic heterocycles. The number of rotatable bonds is 2. The zero-order valence-electron chi connectivity index (χ0n) is 10.4. The first-order chi connectivity index (χ1) is 7.84. The number of aliphatic imine (C=N–C) groups is 1. The fourth-order valence-electron chi connectivity index (χ4n) is 4.00. The zero-order chi connectivity index (χ0) is 11.0. The van der Waals surface area contributed by atoms with E-state index in [4.69, 9.17) is 0 Å². The number of hydrogen-bond acceptors (Lipinski definition) is 2. The van der Waals surface area contributed by atoms with Crippen LogP contribution in [-0.4, -0.2) is 18.9 Å². The molecule has 4 atom stereocenters. The summed E-state index contributed by atoms with van der Waals surface area (Å²) in [6, 6.07) is 0.609. The fourth-order valence-corrected chi connectivity index (χ4v) is 4.00. The van der Waals surface area contributed by atoms with Gasteiger partial charge >= 0.3 is 0 Å². The molecule has 3 aliphatic rings. The summed E-state index contributed by atoms with van der Waals surface area (Å²) in [5.74, 6) is 1.93. The quantitative estimate of drug-likeness (QED) is 0.760. The van der Waals surface area contributed by atoms with Gasteiger partial charge in [-0.3, -0.25) is 10.3 Å². The first kappa shape index (κ1) is 10.8. The van der Waals surface area contributed by atoms with Crippen LogP contribution in [0.2, 0.25) is 0 Å². The molecule has 0 radical (unpaired) electrons. The van der Waals surface area contributed by atoms with Gasteiger partial charge in [0.15, 0.2) is 0 Å². The Morgan fingerprint density at radius 3 is 3.06 bits per heavy atom.